The molecule has 0 aliphatic heterocycles. The fourth-order valence-electron chi connectivity index (χ4n) is 2.13. The Kier molecular flexibility index (Phi) is 6.07. The zero-order valence-corrected chi connectivity index (χ0v) is 10.7. The molecule has 16 heavy (non-hydrogen) atoms. The maximum atomic E-state index is 11.8. The fraction of sp³-hybridized carbons (Fsp3) is 1.00. The predicted octanol–water partition coefficient (Wildman–Crippen LogP) is 3.16. The number of alkyl halides is 4. The van der Waals surface area contributed by atoms with Crippen molar-refractivity contribution >= 4 is 15.9 Å². The minimum atomic E-state index is -4.50. The zero-order chi connectivity index (χ0) is 12.0. The average Bonchev–Trinajstić information content (AvgIpc) is 2.67. The molecule has 6 heteroatoms. The Balaban J connectivity index is 2.27. The molecule has 1 aliphatic carbocycles. The molecule has 0 aromatic rings. The van der Waals surface area contributed by atoms with E-state index < -0.39 is 6.36 Å². The highest BCUT2D eigenvalue weighted by Gasteiger charge is 2.29. The van der Waals surface area contributed by atoms with Crippen LogP contribution in [0.5, 0.6) is 0 Å². The molecule has 1 fully saturated rings. The third-order valence-corrected chi connectivity index (χ3v) is 3.21. The molecule has 0 aromatic heterocycles. The Morgan fingerprint density at radius 2 is 1.81 bits per heavy atom. The summed E-state index contributed by atoms with van der Waals surface area (Å²) in [6.07, 6.45) is 0.0565. The molecule has 0 aromatic carbocycles. The monoisotopic (exact) mass is 303 g/mol. The van der Waals surface area contributed by atoms with Gasteiger partial charge in [-0.05, 0) is 12.8 Å². The molecule has 1 saturated carbocycles. The topological polar surface area (TPSA) is 12.5 Å². The number of nitrogens with zero attached hydrogens (tertiary/aromatic N) is 1. The Morgan fingerprint density at radius 1 is 1.19 bits per heavy atom. The van der Waals surface area contributed by atoms with Crippen molar-refractivity contribution in [1.82, 2.24) is 4.90 Å². The van der Waals surface area contributed by atoms with Gasteiger partial charge in [-0.3, -0.25) is 9.64 Å². The summed E-state index contributed by atoms with van der Waals surface area (Å²) in [5.41, 5.74) is 0. The van der Waals surface area contributed by atoms with Crippen LogP contribution in [0, 0.1) is 0 Å². The minimum Gasteiger partial charge on any atom is -0.297 e. The Morgan fingerprint density at radius 3 is 2.31 bits per heavy atom. The maximum Gasteiger partial charge on any atom is 0.522 e. The first kappa shape index (κ1) is 14.3. The highest BCUT2D eigenvalue weighted by molar-refractivity contribution is 9.09. The van der Waals surface area contributed by atoms with E-state index in [9.17, 15) is 13.2 Å². The van der Waals surface area contributed by atoms with E-state index in [0.29, 0.717) is 12.6 Å². The van der Waals surface area contributed by atoms with Crippen molar-refractivity contribution in [2.45, 2.75) is 38.1 Å². The van der Waals surface area contributed by atoms with E-state index in [0.717, 1.165) is 24.7 Å². The summed E-state index contributed by atoms with van der Waals surface area (Å²) >= 11 is 3.32. The lowest BCUT2D eigenvalue weighted by Gasteiger charge is -2.28. The van der Waals surface area contributed by atoms with Crippen LogP contribution >= 0.6 is 15.9 Å². The molecule has 0 spiro atoms. The third-order valence-electron chi connectivity index (χ3n) is 2.86. The van der Waals surface area contributed by atoms with Crippen molar-refractivity contribution in [3.05, 3.63) is 0 Å². The van der Waals surface area contributed by atoms with E-state index in [2.05, 4.69) is 25.6 Å². The summed E-state index contributed by atoms with van der Waals surface area (Å²) in [6, 6.07) is 0.439. The van der Waals surface area contributed by atoms with Crippen LogP contribution in [0.15, 0.2) is 0 Å². The van der Waals surface area contributed by atoms with Gasteiger partial charge in [0.15, 0.2) is 0 Å². The van der Waals surface area contributed by atoms with Gasteiger partial charge in [0.2, 0.25) is 0 Å². The molecule has 0 heterocycles. The molecular weight excluding hydrogens is 287 g/mol. The lowest BCUT2D eigenvalue weighted by Crippen LogP contribution is -2.38. The Bertz CT molecular complexity index is 195. The summed E-state index contributed by atoms with van der Waals surface area (Å²) in [4.78, 5) is 2.09. The summed E-state index contributed by atoms with van der Waals surface area (Å²) in [5.74, 6) is 0. The minimum absolute atomic E-state index is 0.271. The maximum absolute atomic E-state index is 11.8. The third kappa shape index (κ3) is 5.50. The predicted molar refractivity (Wildman–Crippen MR) is 59.6 cm³/mol. The van der Waals surface area contributed by atoms with Gasteiger partial charge in [-0.15, -0.1) is 13.2 Å². The lowest BCUT2D eigenvalue weighted by molar-refractivity contribution is -0.325. The molecule has 0 atom stereocenters. The van der Waals surface area contributed by atoms with Crippen LogP contribution in [0.25, 0.3) is 0 Å². The first-order valence-electron chi connectivity index (χ1n) is 5.53. The molecule has 0 N–H and O–H groups in total. The Labute approximate surface area is 102 Å². The van der Waals surface area contributed by atoms with Gasteiger partial charge in [0.05, 0.1) is 6.61 Å². The van der Waals surface area contributed by atoms with E-state index in [1.165, 1.54) is 12.8 Å². The van der Waals surface area contributed by atoms with Crippen LogP contribution in [0.2, 0.25) is 0 Å². The van der Waals surface area contributed by atoms with Gasteiger partial charge in [-0.1, -0.05) is 28.8 Å². The van der Waals surface area contributed by atoms with Crippen LogP contribution in [0.1, 0.15) is 25.7 Å². The molecule has 0 unspecified atom stereocenters. The summed E-state index contributed by atoms with van der Waals surface area (Å²) < 4.78 is 39.3. The summed E-state index contributed by atoms with van der Waals surface area (Å²) in [7, 11) is 0. The highest BCUT2D eigenvalue weighted by atomic mass is 79.9. The lowest BCUT2D eigenvalue weighted by atomic mass is 10.2. The SMILES string of the molecule is FC(F)(F)OCCN(CCBr)C1CCCC1. The second-order valence-electron chi connectivity index (χ2n) is 3.96. The molecule has 96 valence electrons. The van der Waals surface area contributed by atoms with Crippen molar-refractivity contribution in [3.8, 4) is 0 Å². The smallest absolute Gasteiger partial charge is 0.297 e. The standard InChI is InChI=1S/C10H17BrF3NO/c11-5-6-15(9-3-1-2-4-9)7-8-16-10(12,13)14/h9H,1-8H2. The fourth-order valence-corrected chi connectivity index (χ4v) is 2.59. The van der Waals surface area contributed by atoms with Crippen molar-refractivity contribution in [3.63, 3.8) is 0 Å². The van der Waals surface area contributed by atoms with Gasteiger partial charge in [0.1, 0.15) is 0 Å². The number of rotatable bonds is 6. The van der Waals surface area contributed by atoms with Crippen LogP contribution in [0.4, 0.5) is 13.2 Å². The van der Waals surface area contributed by atoms with Crippen LogP contribution in [-0.4, -0.2) is 42.3 Å². The highest BCUT2D eigenvalue weighted by Crippen LogP contribution is 2.23. The zero-order valence-electron chi connectivity index (χ0n) is 9.10. The second kappa shape index (κ2) is 6.81. The van der Waals surface area contributed by atoms with E-state index in [1.807, 2.05) is 0 Å². The summed E-state index contributed by atoms with van der Waals surface area (Å²) in [5, 5.41) is 0.787. The number of ether oxygens (including phenoxy) is 1. The molecule has 0 radical (unpaired) electrons. The van der Waals surface area contributed by atoms with E-state index in [-0.39, 0.29) is 6.61 Å². The largest absolute Gasteiger partial charge is 0.522 e. The van der Waals surface area contributed by atoms with E-state index in [4.69, 9.17) is 0 Å². The second-order valence-corrected chi connectivity index (χ2v) is 4.75. The molecule has 0 amide bonds. The number of halogens is 4. The van der Waals surface area contributed by atoms with Crippen LogP contribution < -0.4 is 0 Å². The summed E-state index contributed by atoms with van der Waals surface area (Å²) in [6.45, 7) is 0.870. The van der Waals surface area contributed by atoms with Gasteiger partial charge in [0, 0.05) is 24.5 Å². The molecule has 2 nitrogen and oxygen atoms in total. The van der Waals surface area contributed by atoms with E-state index in [1.54, 1.807) is 0 Å². The quantitative estimate of drug-likeness (QED) is 0.699. The normalized spacial score (nSPS) is 18.6. The molecule has 1 aliphatic rings. The first-order valence-corrected chi connectivity index (χ1v) is 6.66. The molecule has 1 rings (SSSR count). The van der Waals surface area contributed by atoms with Crippen molar-refractivity contribution in [2.24, 2.45) is 0 Å². The molecule has 0 saturated heterocycles. The first-order chi connectivity index (χ1) is 7.53. The van der Waals surface area contributed by atoms with Gasteiger partial charge < -0.3 is 0 Å². The van der Waals surface area contributed by atoms with Crippen molar-refractivity contribution in [1.29, 1.82) is 0 Å². The van der Waals surface area contributed by atoms with Gasteiger partial charge in [-0.25, -0.2) is 0 Å². The number of hydrogen-bond donors (Lipinski definition) is 0. The van der Waals surface area contributed by atoms with Crippen molar-refractivity contribution < 1.29 is 17.9 Å². The van der Waals surface area contributed by atoms with Crippen LogP contribution in [0.3, 0.4) is 0 Å². The van der Waals surface area contributed by atoms with E-state index >= 15 is 0 Å². The van der Waals surface area contributed by atoms with Gasteiger partial charge in [-0.2, -0.15) is 0 Å². The average molecular weight is 304 g/mol. The van der Waals surface area contributed by atoms with Crippen molar-refractivity contribution in [2.75, 3.05) is 25.0 Å². The van der Waals surface area contributed by atoms with Crippen LogP contribution in [-0.2, 0) is 4.74 Å². The van der Waals surface area contributed by atoms with Gasteiger partial charge in [0.25, 0.3) is 0 Å². The number of hydrogen-bond acceptors (Lipinski definition) is 2. The molecular formula is C10H17BrF3NO. The molecule has 0 bridgehead atoms. The van der Waals surface area contributed by atoms with Gasteiger partial charge >= 0.3 is 6.36 Å². The Hall–Kier alpha value is 0.190.